The standard InChI is InChI=1S/C20H19ClF3NO2/c21-17-6-4-13(10-16(17)20(23,24)8-1-9-26)19(27)25-14-5-7-18(22)15(11-14)12-2-3-12/h4-7,10-12,26H,1-3,8-9H2,(H,25,27). The van der Waals surface area contributed by atoms with Gasteiger partial charge in [-0.2, -0.15) is 0 Å². The molecule has 27 heavy (non-hydrogen) atoms. The molecule has 1 fully saturated rings. The van der Waals surface area contributed by atoms with Gasteiger partial charge in [0.25, 0.3) is 11.8 Å². The van der Waals surface area contributed by atoms with E-state index in [9.17, 15) is 18.0 Å². The number of hydrogen-bond donors (Lipinski definition) is 2. The molecule has 0 aromatic heterocycles. The van der Waals surface area contributed by atoms with Gasteiger partial charge in [-0.25, -0.2) is 13.2 Å². The molecular formula is C20H19ClF3NO2. The Morgan fingerprint density at radius 3 is 2.63 bits per heavy atom. The van der Waals surface area contributed by atoms with Crippen LogP contribution in [0.4, 0.5) is 18.9 Å². The molecule has 1 amide bonds. The lowest BCUT2D eigenvalue weighted by Gasteiger charge is -2.18. The van der Waals surface area contributed by atoms with Crippen molar-refractivity contribution in [2.45, 2.75) is 37.5 Å². The van der Waals surface area contributed by atoms with Crippen LogP contribution >= 0.6 is 11.6 Å². The zero-order valence-electron chi connectivity index (χ0n) is 14.4. The molecule has 0 saturated heterocycles. The van der Waals surface area contributed by atoms with Gasteiger partial charge in [0.05, 0.1) is 0 Å². The monoisotopic (exact) mass is 397 g/mol. The van der Waals surface area contributed by atoms with Gasteiger partial charge in [-0.05, 0) is 67.1 Å². The largest absolute Gasteiger partial charge is 0.396 e. The van der Waals surface area contributed by atoms with Crippen LogP contribution in [-0.4, -0.2) is 17.6 Å². The minimum absolute atomic E-state index is 0.0235. The summed E-state index contributed by atoms with van der Waals surface area (Å²) in [6.07, 6.45) is 1.17. The van der Waals surface area contributed by atoms with Gasteiger partial charge in [-0.3, -0.25) is 4.79 Å². The third-order valence-corrected chi connectivity index (χ3v) is 4.87. The van der Waals surface area contributed by atoms with Crippen molar-refractivity contribution >= 4 is 23.2 Å². The van der Waals surface area contributed by atoms with E-state index in [1.54, 1.807) is 6.07 Å². The zero-order valence-corrected chi connectivity index (χ0v) is 15.2. The summed E-state index contributed by atoms with van der Waals surface area (Å²) in [6.45, 7) is -0.360. The van der Waals surface area contributed by atoms with Crippen LogP contribution in [0.15, 0.2) is 36.4 Å². The first-order chi connectivity index (χ1) is 12.8. The third-order valence-electron chi connectivity index (χ3n) is 4.54. The molecule has 0 atom stereocenters. The van der Waals surface area contributed by atoms with Crippen molar-refractivity contribution in [2.75, 3.05) is 11.9 Å². The number of amides is 1. The number of anilines is 1. The Kier molecular flexibility index (Phi) is 5.77. The summed E-state index contributed by atoms with van der Waals surface area (Å²) in [5, 5.41) is 11.3. The smallest absolute Gasteiger partial charge is 0.274 e. The van der Waals surface area contributed by atoms with Crippen LogP contribution in [0.3, 0.4) is 0 Å². The number of aliphatic hydroxyl groups is 1. The molecule has 144 valence electrons. The van der Waals surface area contributed by atoms with Crippen molar-refractivity contribution in [3.05, 3.63) is 63.9 Å². The number of hydrogen-bond acceptors (Lipinski definition) is 2. The lowest BCUT2D eigenvalue weighted by Crippen LogP contribution is -2.18. The molecule has 0 unspecified atom stereocenters. The second-order valence-electron chi connectivity index (χ2n) is 6.69. The molecule has 1 aliphatic carbocycles. The normalized spacial score (nSPS) is 14.3. The van der Waals surface area contributed by atoms with Crippen LogP contribution < -0.4 is 5.32 Å². The highest BCUT2D eigenvalue weighted by Crippen LogP contribution is 2.42. The number of carbonyl (C=O) groups is 1. The Morgan fingerprint density at radius 1 is 1.22 bits per heavy atom. The summed E-state index contributed by atoms with van der Waals surface area (Å²) in [4.78, 5) is 12.5. The lowest BCUT2D eigenvalue weighted by atomic mass is 10.0. The molecule has 3 rings (SSSR count). The number of carbonyl (C=O) groups excluding carboxylic acids is 1. The van der Waals surface area contributed by atoms with E-state index in [-0.39, 0.29) is 35.3 Å². The lowest BCUT2D eigenvalue weighted by molar-refractivity contribution is -0.0187. The summed E-state index contributed by atoms with van der Waals surface area (Å²) in [5.41, 5.74) is 0.533. The predicted octanol–water partition coefficient (Wildman–Crippen LogP) is 5.47. The van der Waals surface area contributed by atoms with E-state index in [2.05, 4.69) is 5.32 Å². The third kappa shape index (κ3) is 4.62. The second-order valence-corrected chi connectivity index (χ2v) is 7.10. The highest BCUT2D eigenvalue weighted by Gasteiger charge is 2.34. The second kappa shape index (κ2) is 7.90. The first kappa shape index (κ1) is 19.7. The molecule has 7 heteroatoms. The van der Waals surface area contributed by atoms with Crippen LogP contribution in [0.2, 0.25) is 5.02 Å². The molecule has 2 aromatic rings. The maximum absolute atomic E-state index is 14.3. The predicted molar refractivity (Wildman–Crippen MR) is 98.0 cm³/mol. The van der Waals surface area contributed by atoms with Crippen LogP contribution in [0.1, 0.15) is 53.1 Å². The zero-order chi connectivity index (χ0) is 19.6. The number of aliphatic hydroxyl groups excluding tert-OH is 1. The molecular weight excluding hydrogens is 379 g/mol. The van der Waals surface area contributed by atoms with Crippen LogP contribution in [0, 0.1) is 5.82 Å². The van der Waals surface area contributed by atoms with E-state index in [0.29, 0.717) is 11.3 Å². The van der Waals surface area contributed by atoms with Gasteiger partial charge >= 0.3 is 0 Å². The van der Waals surface area contributed by atoms with Gasteiger partial charge in [0, 0.05) is 34.9 Å². The highest BCUT2D eigenvalue weighted by atomic mass is 35.5. The first-order valence-corrected chi connectivity index (χ1v) is 9.09. The van der Waals surface area contributed by atoms with Crippen molar-refractivity contribution in [1.29, 1.82) is 0 Å². The number of alkyl halides is 2. The Labute approximate surface area is 160 Å². The van der Waals surface area contributed by atoms with Crippen LogP contribution in [-0.2, 0) is 5.92 Å². The fraction of sp³-hybridized carbons (Fsp3) is 0.350. The summed E-state index contributed by atoms with van der Waals surface area (Å²) in [5.74, 6) is -3.98. The highest BCUT2D eigenvalue weighted by molar-refractivity contribution is 6.31. The molecule has 2 aromatic carbocycles. The molecule has 0 spiro atoms. The fourth-order valence-corrected chi connectivity index (χ4v) is 3.17. The van der Waals surface area contributed by atoms with Gasteiger partial charge in [0.15, 0.2) is 0 Å². The van der Waals surface area contributed by atoms with Crippen LogP contribution in [0.5, 0.6) is 0 Å². The maximum atomic E-state index is 14.3. The topological polar surface area (TPSA) is 49.3 Å². The van der Waals surface area contributed by atoms with E-state index < -0.39 is 23.8 Å². The first-order valence-electron chi connectivity index (χ1n) is 8.71. The number of nitrogens with one attached hydrogen (secondary N) is 1. The van der Waals surface area contributed by atoms with Gasteiger partial charge in [-0.1, -0.05) is 11.6 Å². The van der Waals surface area contributed by atoms with Gasteiger partial charge < -0.3 is 10.4 Å². The van der Waals surface area contributed by atoms with Crippen molar-refractivity contribution in [3.63, 3.8) is 0 Å². The quantitative estimate of drug-likeness (QED) is 0.650. The average Bonchev–Trinajstić information content (AvgIpc) is 3.47. The van der Waals surface area contributed by atoms with E-state index in [1.807, 2.05) is 0 Å². The summed E-state index contributed by atoms with van der Waals surface area (Å²) < 4.78 is 42.4. The van der Waals surface area contributed by atoms with Crippen molar-refractivity contribution in [2.24, 2.45) is 0 Å². The van der Waals surface area contributed by atoms with E-state index >= 15 is 0 Å². The van der Waals surface area contributed by atoms with Crippen molar-refractivity contribution in [1.82, 2.24) is 0 Å². The summed E-state index contributed by atoms with van der Waals surface area (Å²) in [7, 11) is 0. The Bertz CT molecular complexity index is 853. The molecule has 3 nitrogen and oxygen atoms in total. The van der Waals surface area contributed by atoms with Gasteiger partial charge in [0.1, 0.15) is 5.82 Å². The number of benzene rings is 2. The fourth-order valence-electron chi connectivity index (χ4n) is 2.91. The number of halogens is 4. The number of rotatable bonds is 7. The van der Waals surface area contributed by atoms with Crippen molar-refractivity contribution in [3.8, 4) is 0 Å². The summed E-state index contributed by atoms with van der Waals surface area (Å²) in [6, 6.07) is 7.97. The molecule has 0 heterocycles. The van der Waals surface area contributed by atoms with Gasteiger partial charge in [0.2, 0.25) is 0 Å². The van der Waals surface area contributed by atoms with Crippen molar-refractivity contribution < 1.29 is 23.1 Å². The SMILES string of the molecule is O=C(Nc1ccc(F)c(C2CC2)c1)c1ccc(Cl)c(C(F)(F)CCCO)c1. The Balaban J connectivity index is 1.81. The Hall–Kier alpha value is -2.05. The molecule has 1 saturated carbocycles. The molecule has 0 bridgehead atoms. The Morgan fingerprint density at radius 2 is 1.96 bits per heavy atom. The van der Waals surface area contributed by atoms with E-state index in [0.717, 1.165) is 18.9 Å². The van der Waals surface area contributed by atoms with E-state index in [4.69, 9.17) is 16.7 Å². The maximum Gasteiger partial charge on any atom is 0.274 e. The molecule has 1 aliphatic rings. The minimum Gasteiger partial charge on any atom is -0.396 e. The van der Waals surface area contributed by atoms with Crippen LogP contribution in [0.25, 0.3) is 0 Å². The molecule has 0 aliphatic heterocycles. The molecule has 0 radical (unpaired) electrons. The summed E-state index contributed by atoms with van der Waals surface area (Å²) >= 11 is 5.89. The molecule has 2 N–H and O–H groups in total. The van der Waals surface area contributed by atoms with E-state index in [1.165, 1.54) is 24.3 Å². The average molecular weight is 398 g/mol. The minimum atomic E-state index is -3.26. The van der Waals surface area contributed by atoms with Gasteiger partial charge in [-0.15, -0.1) is 0 Å².